The molecule has 0 radical (unpaired) electrons. The molecular formula is C34H28O3. The lowest BCUT2D eigenvalue weighted by atomic mass is 9.60. The molecule has 3 nitrogen and oxygen atoms in total. The predicted molar refractivity (Wildman–Crippen MR) is 147 cm³/mol. The molecule has 1 saturated carbocycles. The molecule has 0 aromatic heterocycles. The van der Waals surface area contributed by atoms with Crippen LogP contribution in [0.2, 0.25) is 0 Å². The third-order valence-corrected chi connectivity index (χ3v) is 8.45. The Morgan fingerprint density at radius 3 is 2.14 bits per heavy atom. The van der Waals surface area contributed by atoms with Crippen LogP contribution in [0.1, 0.15) is 60.4 Å². The van der Waals surface area contributed by atoms with Crippen LogP contribution in [-0.2, 0) is 15.8 Å². The molecule has 37 heavy (non-hydrogen) atoms. The fourth-order valence-electron chi connectivity index (χ4n) is 6.77. The summed E-state index contributed by atoms with van der Waals surface area (Å²) in [6.45, 7) is 5.34. The summed E-state index contributed by atoms with van der Waals surface area (Å²) in [5, 5.41) is 2.05. The van der Waals surface area contributed by atoms with E-state index in [0.717, 1.165) is 22.1 Å². The van der Waals surface area contributed by atoms with Crippen LogP contribution < -0.4 is 9.47 Å². The first-order valence-electron chi connectivity index (χ1n) is 13.0. The number of benzene rings is 4. The van der Waals surface area contributed by atoms with Crippen LogP contribution in [0.25, 0.3) is 16.8 Å². The summed E-state index contributed by atoms with van der Waals surface area (Å²) in [5.74, 6) is 0.899. The average molecular weight is 485 g/mol. The van der Waals surface area contributed by atoms with Gasteiger partial charge in [-0.05, 0) is 72.0 Å². The number of carbonyl (C=O) groups excluding carboxylic acids is 1. The van der Waals surface area contributed by atoms with Gasteiger partial charge >= 0.3 is 5.97 Å². The molecule has 0 bridgehead atoms. The third-order valence-electron chi connectivity index (χ3n) is 8.45. The van der Waals surface area contributed by atoms with Crippen molar-refractivity contribution in [1.29, 1.82) is 0 Å². The summed E-state index contributed by atoms with van der Waals surface area (Å²) in [5.41, 5.74) is 6.00. The first-order valence-corrected chi connectivity index (χ1v) is 13.0. The van der Waals surface area contributed by atoms with Gasteiger partial charge in [0.1, 0.15) is 11.5 Å². The van der Waals surface area contributed by atoms with Crippen molar-refractivity contribution in [2.24, 2.45) is 0 Å². The van der Waals surface area contributed by atoms with Gasteiger partial charge in [0.25, 0.3) is 0 Å². The van der Waals surface area contributed by atoms with Crippen molar-refractivity contribution >= 4 is 22.8 Å². The van der Waals surface area contributed by atoms with Gasteiger partial charge in [0, 0.05) is 27.7 Å². The normalized spacial score (nSPS) is 17.6. The molecule has 1 aliphatic heterocycles. The van der Waals surface area contributed by atoms with Gasteiger partial charge in [-0.2, -0.15) is 0 Å². The van der Waals surface area contributed by atoms with Gasteiger partial charge < -0.3 is 9.47 Å². The molecule has 0 N–H and O–H groups in total. The van der Waals surface area contributed by atoms with Crippen LogP contribution in [0.15, 0.2) is 97.1 Å². The van der Waals surface area contributed by atoms with Gasteiger partial charge in [0.2, 0.25) is 0 Å². The Morgan fingerprint density at radius 2 is 1.49 bits per heavy atom. The van der Waals surface area contributed by atoms with E-state index in [0.29, 0.717) is 11.3 Å². The largest absolute Gasteiger partial charge is 0.473 e. The van der Waals surface area contributed by atoms with Gasteiger partial charge in [0.15, 0.2) is 5.60 Å². The van der Waals surface area contributed by atoms with E-state index in [-0.39, 0.29) is 5.41 Å². The lowest BCUT2D eigenvalue weighted by Gasteiger charge is -2.48. The maximum atomic E-state index is 12.1. The van der Waals surface area contributed by atoms with Crippen molar-refractivity contribution < 1.29 is 14.3 Å². The number of ether oxygens (including phenoxy) is 2. The number of fused-ring (bicyclic) bond motifs is 9. The topological polar surface area (TPSA) is 35.5 Å². The summed E-state index contributed by atoms with van der Waals surface area (Å²) < 4.78 is 12.6. The van der Waals surface area contributed by atoms with Crippen LogP contribution in [0, 0.1) is 0 Å². The van der Waals surface area contributed by atoms with E-state index in [2.05, 4.69) is 79.4 Å². The zero-order chi connectivity index (χ0) is 25.2. The molecule has 2 spiro atoms. The Balaban J connectivity index is 1.41. The van der Waals surface area contributed by atoms with E-state index in [1.165, 1.54) is 47.9 Å². The van der Waals surface area contributed by atoms with Crippen LogP contribution in [0.4, 0.5) is 0 Å². The Morgan fingerprint density at radius 1 is 0.865 bits per heavy atom. The summed E-state index contributed by atoms with van der Waals surface area (Å²) in [7, 11) is 0. The highest BCUT2D eigenvalue weighted by Crippen LogP contribution is 2.58. The van der Waals surface area contributed by atoms with E-state index in [4.69, 9.17) is 9.47 Å². The van der Waals surface area contributed by atoms with Crippen molar-refractivity contribution in [3.05, 3.63) is 125 Å². The minimum atomic E-state index is -0.689. The molecule has 3 aliphatic rings. The molecule has 0 amide bonds. The second-order valence-electron chi connectivity index (χ2n) is 10.6. The Kier molecular flexibility index (Phi) is 4.75. The fraction of sp³-hybridized carbons (Fsp3) is 0.206. The zero-order valence-corrected chi connectivity index (χ0v) is 20.9. The molecule has 4 aromatic carbocycles. The fourth-order valence-corrected chi connectivity index (χ4v) is 6.77. The number of esters is 1. The molecule has 2 aliphatic carbocycles. The second-order valence-corrected chi connectivity index (χ2v) is 10.6. The van der Waals surface area contributed by atoms with E-state index < -0.39 is 11.6 Å². The van der Waals surface area contributed by atoms with Gasteiger partial charge in [-0.25, -0.2) is 4.79 Å². The minimum Gasteiger partial charge on any atom is -0.473 e. The minimum absolute atomic E-state index is 0.0569. The summed E-state index contributed by atoms with van der Waals surface area (Å²) in [6, 6.07) is 27.6. The van der Waals surface area contributed by atoms with E-state index in [9.17, 15) is 4.79 Å². The van der Waals surface area contributed by atoms with Crippen molar-refractivity contribution in [3.63, 3.8) is 0 Å². The highest BCUT2D eigenvalue weighted by molar-refractivity contribution is 5.96. The quantitative estimate of drug-likeness (QED) is 0.165. The number of hydrogen-bond acceptors (Lipinski definition) is 3. The Bertz CT molecular complexity index is 1580. The SMILES string of the molecule is C=C(C)C(=O)Oc1ccc2ccc3c(c2c1)C=CC1(O3)c2ccccc2C2(CCCC2)c2ccccc21. The van der Waals surface area contributed by atoms with E-state index in [1.54, 1.807) is 6.92 Å². The van der Waals surface area contributed by atoms with Crippen molar-refractivity contribution in [2.75, 3.05) is 0 Å². The van der Waals surface area contributed by atoms with E-state index >= 15 is 0 Å². The van der Waals surface area contributed by atoms with Crippen LogP contribution in [0.5, 0.6) is 11.5 Å². The molecular weight excluding hydrogens is 456 g/mol. The average Bonchev–Trinajstić information content (AvgIpc) is 3.43. The lowest BCUT2D eigenvalue weighted by molar-refractivity contribution is -0.130. The Labute approximate surface area is 217 Å². The molecule has 7 rings (SSSR count). The molecule has 0 atom stereocenters. The molecule has 1 fully saturated rings. The predicted octanol–water partition coefficient (Wildman–Crippen LogP) is 7.84. The van der Waals surface area contributed by atoms with E-state index in [1.807, 2.05) is 18.2 Å². The summed E-state index contributed by atoms with van der Waals surface area (Å²) >= 11 is 0. The maximum absolute atomic E-state index is 12.1. The molecule has 3 heteroatoms. The third kappa shape index (κ3) is 3.10. The maximum Gasteiger partial charge on any atom is 0.338 e. The van der Waals surface area contributed by atoms with Gasteiger partial charge in [0.05, 0.1) is 0 Å². The number of hydrogen-bond donors (Lipinski definition) is 0. The highest BCUT2D eigenvalue weighted by Gasteiger charge is 2.52. The molecule has 1 heterocycles. The highest BCUT2D eigenvalue weighted by atomic mass is 16.5. The molecule has 0 unspecified atom stereocenters. The molecule has 182 valence electrons. The van der Waals surface area contributed by atoms with Gasteiger partial charge in [-0.1, -0.05) is 80.1 Å². The van der Waals surface area contributed by atoms with Crippen LogP contribution in [0.3, 0.4) is 0 Å². The number of carbonyl (C=O) groups is 1. The van der Waals surface area contributed by atoms with Gasteiger partial charge in [-0.3, -0.25) is 0 Å². The first-order chi connectivity index (χ1) is 18.0. The summed E-state index contributed by atoms with van der Waals surface area (Å²) in [6.07, 6.45) is 9.26. The molecule has 4 aromatic rings. The molecule has 0 saturated heterocycles. The Hall–Kier alpha value is -4.11. The van der Waals surface area contributed by atoms with Crippen molar-refractivity contribution in [3.8, 4) is 11.5 Å². The smallest absolute Gasteiger partial charge is 0.338 e. The number of rotatable bonds is 2. The standard InChI is InChI=1S/C34H28O3/c1-22(2)32(35)36-24-15-13-23-14-16-31-25(26(23)21-24)17-20-34(37-31)29-11-5-3-9-27(29)33(18-7-8-19-33)28-10-4-6-12-30(28)34/h3-6,9-17,20-21H,1,7-8,18-19H2,2H3. The van der Waals surface area contributed by atoms with Gasteiger partial charge in [-0.15, -0.1) is 0 Å². The second kappa shape index (κ2) is 7.94. The lowest BCUT2D eigenvalue weighted by Crippen LogP contribution is -2.44. The first kappa shape index (κ1) is 22.1. The zero-order valence-electron chi connectivity index (χ0n) is 20.9. The monoisotopic (exact) mass is 484 g/mol. The van der Waals surface area contributed by atoms with Crippen LogP contribution in [-0.4, -0.2) is 5.97 Å². The summed E-state index contributed by atoms with van der Waals surface area (Å²) in [4.78, 5) is 12.1. The van der Waals surface area contributed by atoms with Crippen molar-refractivity contribution in [1.82, 2.24) is 0 Å². The van der Waals surface area contributed by atoms with Crippen LogP contribution >= 0.6 is 0 Å². The van der Waals surface area contributed by atoms with Crippen molar-refractivity contribution in [2.45, 2.75) is 43.6 Å².